The van der Waals surface area contributed by atoms with E-state index in [9.17, 15) is 4.79 Å². The summed E-state index contributed by atoms with van der Waals surface area (Å²) in [5.74, 6) is 1.56. The van der Waals surface area contributed by atoms with Crippen LogP contribution in [0.15, 0.2) is 48.5 Å². The number of amides is 1. The number of hydrogen-bond donors (Lipinski definition) is 1. The maximum Gasteiger partial charge on any atom is 0.230 e. The molecule has 1 N–H and O–H groups in total. The molecule has 0 saturated carbocycles. The monoisotopic (exact) mass is 396 g/mol. The number of thiazole rings is 1. The lowest BCUT2D eigenvalue weighted by Gasteiger charge is -2.05. The summed E-state index contributed by atoms with van der Waals surface area (Å²) in [4.78, 5) is 18.0. The summed E-state index contributed by atoms with van der Waals surface area (Å²) in [7, 11) is 0. The van der Waals surface area contributed by atoms with Gasteiger partial charge in [-0.05, 0) is 62.7 Å². The van der Waals surface area contributed by atoms with Crippen LogP contribution in [0.3, 0.4) is 0 Å². The molecule has 0 spiro atoms. The molecule has 5 nitrogen and oxygen atoms in total. The van der Waals surface area contributed by atoms with Gasteiger partial charge in [-0.3, -0.25) is 4.79 Å². The predicted molar refractivity (Wildman–Crippen MR) is 113 cm³/mol. The highest BCUT2D eigenvalue weighted by atomic mass is 32.1. The van der Waals surface area contributed by atoms with Crippen molar-refractivity contribution in [1.29, 1.82) is 0 Å². The zero-order valence-electron chi connectivity index (χ0n) is 16.3. The Kier molecular flexibility index (Phi) is 6.66. The maximum absolute atomic E-state index is 12.4. The maximum atomic E-state index is 12.4. The van der Waals surface area contributed by atoms with Crippen molar-refractivity contribution >= 4 is 22.4 Å². The molecule has 0 aliphatic heterocycles. The van der Waals surface area contributed by atoms with Crippen LogP contribution in [0.1, 0.15) is 24.3 Å². The summed E-state index contributed by atoms with van der Waals surface area (Å²) < 4.78 is 10.9. The van der Waals surface area contributed by atoms with Crippen molar-refractivity contribution < 1.29 is 14.3 Å². The van der Waals surface area contributed by atoms with Crippen LogP contribution < -0.4 is 14.8 Å². The van der Waals surface area contributed by atoms with Crippen LogP contribution in [-0.4, -0.2) is 24.1 Å². The largest absolute Gasteiger partial charge is 0.494 e. The van der Waals surface area contributed by atoms with E-state index in [1.807, 2.05) is 69.3 Å². The molecule has 2 aromatic carbocycles. The fraction of sp³-hybridized carbons (Fsp3) is 0.273. The Morgan fingerprint density at radius 2 is 1.54 bits per heavy atom. The quantitative estimate of drug-likeness (QED) is 0.576. The summed E-state index contributed by atoms with van der Waals surface area (Å²) in [6.45, 7) is 7.17. The molecule has 3 rings (SSSR count). The summed E-state index contributed by atoms with van der Waals surface area (Å²) in [6.07, 6.45) is 0.295. The van der Waals surface area contributed by atoms with Gasteiger partial charge in [0.25, 0.3) is 0 Å². The molecule has 0 aliphatic rings. The second-order valence-corrected chi connectivity index (χ2v) is 7.39. The van der Waals surface area contributed by atoms with E-state index < -0.39 is 0 Å². The van der Waals surface area contributed by atoms with Gasteiger partial charge in [0.05, 0.1) is 25.3 Å². The van der Waals surface area contributed by atoms with Crippen molar-refractivity contribution in [3.05, 3.63) is 59.0 Å². The smallest absolute Gasteiger partial charge is 0.230 e. The number of nitrogens with zero attached hydrogens (tertiary/aromatic N) is 1. The first-order valence-corrected chi connectivity index (χ1v) is 10.1. The molecule has 1 aromatic heterocycles. The van der Waals surface area contributed by atoms with Crippen LogP contribution >= 0.6 is 11.3 Å². The summed E-state index contributed by atoms with van der Waals surface area (Å²) in [5.41, 5.74) is 2.81. The Hall–Kier alpha value is -2.86. The van der Waals surface area contributed by atoms with E-state index >= 15 is 0 Å². The van der Waals surface area contributed by atoms with Crippen LogP contribution in [0.2, 0.25) is 0 Å². The Balaban J connectivity index is 1.64. The van der Waals surface area contributed by atoms with Crippen LogP contribution in [-0.2, 0) is 11.2 Å². The van der Waals surface area contributed by atoms with Crippen molar-refractivity contribution in [2.75, 3.05) is 18.5 Å². The molecule has 3 aromatic rings. The second kappa shape index (κ2) is 9.37. The van der Waals surface area contributed by atoms with Crippen LogP contribution in [0.4, 0.5) is 5.13 Å². The number of aryl methyl sites for hydroxylation is 1. The first kappa shape index (κ1) is 19.9. The van der Waals surface area contributed by atoms with Gasteiger partial charge in [-0.2, -0.15) is 0 Å². The molecule has 0 aliphatic carbocycles. The summed E-state index contributed by atoms with van der Waals surface area (Å²) in [6, 6.07) is 15.4. The van der Waals surface area contributed by atoms with Crippen molar-refractivity contribution in [2.24, 2.45) is 0 Å². The molecule has 0 atom stereocenters. The number of aromatic nitrogens is 1. The zero-order chi connectivity index (χ0) is 19.9. The highest BCUT2D eigenvalue weighted by molar-refractivity contribution is 7.16. The predicted octanol–water partition coefficient (Wildman–Crippen LogP) is 5.10. The third-order valence-corrected chi connectivity index (χ3v) is 4.97. The van der Waals surface area contributed by atoms with Gasteiger partial charge < -0.3 is 14.8 Å². The molecule has 1 heterocycles. The van der Waals surface area contributed by atoms with Gasteiger partial charge in [0.1, 0.15) is 11.5 Å². The minimum Gasteiger partial charge on any atom is -0.494 e. The van der Waals surface area contributed by atoms with E-state index in [-0.39, 0.29) is 5.91 Å². The lowest BCUT2D eigenvalue weighted by Crippen LogP contribution is -2.14. The van der Waals surface area contributed by atoms with E-state index in [2.05, 4.69) is 10.3 Å². The molecule has 146 valence electrons. The Labute approximate surface area is 169 Å². The van der Waals surface area contributed by atoms with Crippen LogP contribution in [0.5, 0.6) is 11.5 Å². The van der Waals surface area contributed by atoms with Crippen molar-refractivity contribution in [3.8, 4) is 22.8 Å². The highest BCUT2D eigenvalue weighted by Crippen LogP contribution is 2.31. The van der Waals surface area contributed by atoms with E-state index in [1.54, 1.807) is 0 Å². The number of hydrogen-bond acceptors (Lipinski definition) is 5. The number of carbonyl (C=O) groups is 1. The lowest BCUT2D eigenvalue weighted by molar-refractivity contribution is -0.115. The standard InChI is InChI=1S/C22H24N2O3S/c1-4-26-18-10-6-16(7-11-18)14-20(25)23-22-24-21(15(3)28-22)17-8-12-19(13-9-17)27-5-2/h6-13H,4-5,14H2,1-3H3,(H,23,24,25). The number of rotatable bonds is 8. The molecule has 28 heavy (non-hydrogen) atoms. The molecular formula is C22H24N2O3S. The number of anilines is 1. The average molecular weight is 397 g/mol. The number of ether oxygens (including phenoxy) is 2. The van der Waals surface area contributed by atoms with Gasteiger partial charge in [-0.25, -0.2) is 4.98 Å². The van der Waals surface area contributed by atoms with E-state index in [4.69, 9.17) is 9.47 Å². The van der Waals surface area contributed by atoms with Crippen LogP contribution in [0.25, 0.3) is 11.3 Å². The summed E-state index contributed by atoms with van der Waals surface area (Å²) in [5, 5.41) is 3.51. The van der Waals surface area contributed by atoms with Crippen molar-refractivity contribution in [2.45, 2.75) is 27.2 Å². The van der Waals surface area contributed by atoms with E-state index in [0.29, 0.717) is 24.8 Å². The first-order chi connectivity index (χ1) is 13.6. The molecule has 0 saturated heterocycles. The van der Waals surface area contributed by atoms with Gasteiger partial charge in [0.2, 0.25) is 5.91 Å². The molecule has 0 radical (unpaired) electrons. The molecule has 0 fully saturated rings. The Morgan fingerprint density at radius 1 is 0.964 bits per heavy atom. The second-order valence-electron chi connectivity index (χ2n) is 6.18. The van der Waals surface area contributed by atoms with Gasteiger partial charge in [-0.15, -0.1) is 11.3 Å². The van der Waals surface area contributed by atoms with Crippen molar-refractivity contribution in [1.82, 2.24) is 4.98 Å². The first-order valence-electron chi connectivity index (χ1n) is 9.31. The zero-order valence-corrected chi connectivity index (χ0v) is 17.1. The van der Waals surface area contributed by atoms with E-state index in [0.717, 1.165) is 33.2 Å². The molecule has 6 heteroatoms. The lowest BCUT2D eigenvalue weighted by atomic mass is 10.1. The van der Waals surface area contributed by atoms with E-state index in [1.165, 1.54) is 11.3 Å². The topological polar surface area (TPSA) is 60.5 Å². The minimum atomic E-state index is -0.0869. The third kappa shape index (κ3) is 5.10. The highest BCUT2D eigenvalue weighted by Gasteiger charge is 2.13. The van der Waals surface area contributed by atoms with Gasteiger partial charge >= 0.3 is 0 Å². The summed E-state index contributed by atoms with van der Waals surface area (Å²) >= 11 is 1.48. The Morgan fingerprint density at radius 3 is 2.11 bits per heavy atom. The number of carbonyl (C=O) groups excluding carboxylic acids is 1. The van der Waals surface area contributed by atoms with Gasteiger partial charge in [0.15, 0.2) is 5.13 Å². The SMILES string of the molecule is CCOc1ccc(CC(=O)Nc2nc(-c3ccc(OCC)cc3)c(C)s2)cc1. The normalized spacial score (nSPS) is 10.5. The molecule has 1 amide bonds. The fourth-order valence-electron chi connectivity index (χ4n) is 2.81. The molecule has 0 unspecified atom stereocenters. The average Bonchev–Trinajstić information content (AvgIpc) is 3.04. The molecule has 0 bridgehead atoms. The molecular weight excluding hydrogens is 372 g/mol. The van der Waals surface area contributed by atoms with Crippen molar-refractivity contribution in [3.63, 3.8) is 0 Å². The minimum absolute atomic E-state index is 0.0869. The fourth-order valence-corrected chi connectivity index (χ4v) is 3.66. The third-order valence-electron chi connectivity index (χ3n) is 4.08. The Bertz CT molecular complexity index is 918. The van der Waals surface area contributed by atoms with Gasteiger partial charge in [-0.1, -0.05) is 12.1 Å². The van der Waals surface area contributed by atoms with Crippen LogP contribution in [0, 0.1) is 6.92 Å². The number of nitrogens with one attached hydrogen (secondary N) is 1. The number of benzene rings is 2. The van der Waals surface area contributed by atoms with Gasteiger partial charge in [0, 0.05) is 10.4 Å².